The van der Waals surface area contributed by atoms with Crippen LogP contribution < -0.4 is 0 Å². The van der Waals surface area contributed by atoms with Crippen LogP contribution in [0.1, 0.15) is 83.1 Å². The molecule has 0 atom stereocenters. The van der Waals surface area contributed by atoms with Gasteiger partial charge in [0.15, 0.2) is 0 Å². The van der Waals surface area contributed by atoms with Crippen molar-refractivity contribution in [3.63, 3.8) is 0 Å². The minimum atomic E-state index is -0.740. The SMILES string of the molecule is CCN=C(C)C(C)(C)O.CCN=C(C)C(C)(C)O.CCN=C(C)C(C)(C)O.[Lu]. The molecular formula is C21H45LuN3O3. The van der Waals surface area contributed by atoms with Gasteiger partial charge >= 0.3 is 0 Å². The molecule has 0 aliphatic heterocycles. The summed E-state index contributed by atoms with van der Waals surface area (Å²) in [7, 11) is 0. The average Bonchev–Trinajstić information content (AvgIpc) is 2.46. The number of aliphatic imine (C=N–C) groups is 3. The molecule has 0 unspecified atom stereocenters. The predicted octanol–water partition coefficient (Wildman–Crippen LogP) is 3.71. The average molecular weight is 563 g/mol. The van der Waals surface area contributed by atoms with E-state index in [1.54, 1.807) is 41.5 Å². The molecule has 6 nitrogen and oxygen atoms in total. The number of rotatable bonds is 6. The second kappa shape index (κ2) is 16.9. The van der Waals surface area contributed by atoms with Crippen molar-refractivity contribution in [1.29, 1.82) is 0 Å². The maximum Gasteiger partial charge on any atom is 0.0963 e. The van der Waals surface area contributed by atoms with E-state index in [2.05, 4.69) is 15.0 Å². The summed E-state index contributed by atoms with van der Waals surface area (Å²) in [6.07, 6.45) is 0. The topological polar surface area (TPSA) is 97.8 Å². The maximum atomic E-state index is 9.29. The van der Waals surface area contributed by atoms with Gasteiger partial charge in [0.1, 0.15) is 0 Å². The molecule has 0 heterocycles. The monoisotopic (exact) mass is 562 g/mol. The van der Waals surface area contributed by atoms with Crippen LogP contribution in [0.25, 0.3) is 0 Å². The Balaban J connectivity index is -0.000000152. The van der Waals surface area contributed by atoms with Crippen molar-refractivity contribution in [2.24, 2.45) is 15.0 Å². The van der Waals surface area contributed by atoms with Crippen LogP contribution in [0.5, 0.6) is 0 Å². The first-order valence-electron chi connectivity index (χ1n) is 9.66. The Hall–Kier alpha value is 0.124. The van der Waals surface area contributed by atoms with Crippen molar-refractivity contribution in [2.75, 3.05) is 19.6 Å². The summed E-state index contributed by atoms with van der Waals surface area (Å²) in [6.45, 7) is 24.0. The van der Waals surface area contributed by atoms with Gasteiger partial charge in [0, 0.05) is 73.6 Å². The molecule has 0 bridgehead atoms. The van der Waals surface area contributed by atoms with Crippen LogP contribution in [0.3, 0.4) is 0 Å². The van der Waals surface area contributed by atoms with E-state index in [-0.39, 0.29) is 36.9 Å². The molecule has 0 aromatic heterocycles. The fraction of sp³-hybridized carbons (Fsp3) is 0.857. The van der Waals surface area contributed by atoms with Crippen LogP contribution in [0.15, 0.2) is 15.0 Å². The minimum absolute atomic E-state index is 0. The Bertz CT molecular complexity index is 409. The van der Waals surface area contributed by atoms with E-state index >= 15 is 0 Å². The van der Waals surface area contributed by atoms with Crippen molar-refractivity contribution in [1.82, 2.24) is 0 Å². The zero-order valence-electron chi connectivity index (χ0n) is 20.1. The van der Waals surface area contributed by atoms with Crippen LogP contribution in [-0.2, 0) is 0 Å². The second-order valence-electron chi connectivity index (χ2n) is 7.86. The number of aliphatic hydroxyl groups is 3. The number of hydrogen-bond donors (Lipinski definition) is 3. The third kappa shape index (κ3) is 22.4. The van der Waals surface area contributed by atoms with E-state index < -0.39 is 16.8 Å². The molecule has 3 N–H and O–H groups in total. The summed E-state index contributed by atoms with van der Waals surface area (Å²) in [5, 5.41) is 27.9. The molecule has 0 saturated carbocycles. The van der Waals surface area contributed by atoms with E-state index in [0.29, 0.717) is 0 Å². The molecule has 0 saturated heterocycles. The molecule has 0 spiro atoms. The molecule has 7 heteroatoms. The first-order valence-corrected chi connectivity index (χ1v) is 9.66. The van der Waals surface area contributed by atoms with Gasteiger partial charge in [-0.15, -0.1) is 0 Å². The fourth-order valence-corrected chi connectivity index (χ4v) is 1.29. The molecule has 0 amide bonds. The molecule has 0 aromatic rings. The van der Waals surface area contributed by atoms with Gasteiger partial charge in [-0.3, -0.25) is 15.0 Å². The van der Waals surface area contributed by atoms with E-state index in [1.165, 1.54) is 0 Å². The molecule has 0 aromatic carbocycles. The largest absolute Gasteiger partial charge is 0.385 e. The van der Waals surface area contributed by atoms with Crippen LogP contribution in [0.2, 0.25) is 0 Å². The Labute approximate surface area is 202 Å². The first-order chi connectivity index (χ1) is 11.9. The van der Waals surface area contributed by atoms with Crippen LogP contribution in [-0.4, -0.2) is 68.9 Å². The molecule has 0 rings (SSSR count). The summed E-state index contributed by atoms with van der Waals surface area (Å²) < 4.78 is 0. The summed E-state index contributed by atoms with van der Waals surface area (Å²) in [4.78, 5) is 12.2. The first kappa shape index (κ1) is 35.6. The maximum absolute atomic E-state index is 9.29. The van der Waals surface area contributed by atoms with E-state index in [1.807, 2.05) is 41.5 Å². The smallest absolute Gasteiger partial charge is 0.0963 e. The summed E-state index contributed by atoms with van der Waals surface area (Å²) in [5.41, 5.74) is 0.169. The summed E-state index contributed by atoms with van der Waals surface area (Å²) in [6, 6.07) is 0. The molecule has 0 fully saturated rings. The van der Waals surface area contributed by atoms with Gasteiger partial charge in [0.25, 0.3) is 0 Å². The zero-order chi connectivity index (χ0) is 22.5. The van der Waals surface area contributed by atoms with Gasteiger partial charge in [0.2, 0.25) is 0 Å². The Morgan fingerprint density at radius 1 is 0.536 bits per heavy atom. The Kier molecular flexibility index (Phi) is 21.4. The van der Waals surface area contributed by atoms with Crippen molar-refractivity contribution in [3.8, 4) is 0 Å². The Morgan fingerprint density at radius 2 is 0.679 bits per heavy atom. The van der Waals surface area contributed by atoms with Gasteiger partial charge in [-0.05, 0) is 83.1 Å². The molecular weight excluding hydrogens is 517 g/mol. The third-order valence-corrected chi connectivity index (χ3v) is 3.84. The predicted molar refractivity (Wildman–Crippen MR) is 120 cm³/mol. The Morgan fingerprint density at radius 3 is 0.714 bits per heavy atom. The van der Waals surface area contributed by atoms with Gasteiger partial charge in [0.05, 0.1) is 16.8 Å². The van der Waals surface area contributed by atoms with Gasteiger partial charge in [-0.1, -0.05) is 0 Å². The quantitative estimate of drug-likeness (QED) is 0.431. The van der Waals surface area contributed by atoms with Gasteiger partial charge in [-0.25, -0.2) is 0 Å². The number of nitrogens with zero attached hydrogens (tertiary/aromatic N) is 3. The van der Waals surface area contributed by atoms with Crippen LogP contribution >= 0.6 is 0 Å². The summed E-state index contributed by atoms with van der Waals surface area (Å²) in [5.74, 6) is 0. The minimum Gasteiger partial charge on any atom is -0.385 e. The van der Waals surface area contributed by atoms with E-state index in [0.717, 1.165) is 36.8 Å². The number of hydrogen-bond acceptors (Lipinski definition) is 6. The van der Waals surface area contributed by atoms with E-state index in [9.17, 15) is 15.3 Å². The molecule has 28 heavy (non-hydrogen) atoms. The normalized spacial score (nSPS) is 13.6. The van der Waals surface area contributed by atoms with Gasteiger partial charge < -0.3 is 15.3 Å². The van der Waals surface area contributed by atoms with E-state index in [4.69, 9.17) is 0 Å². The van der Waals surface area contributed by atoms with Crippen molar-refractivity contribution in [3.05, 3.63) is 0 Å². The van der Waals surface area contributed by atoms with Crippen LogP contribution in [0.4, 0.5) is 0 Å². The van der Waals surface area contributed by atoms with Crippen molar-refractivity contribution >= 4 is 17.1 Å². The van der Waals surface area contributed by atoms with Gasteiger partial charge in [-0.2, -0.15) is 0 Å². The zero-order valence-corrected chi connectivity index (χ0v) is 21.7. The molecule has 177 valence electrons. The fourth-order valence-electron chi connectivity index (χ4n) is 1.29. The third-order valence-electron chi connectivity index (χ3n) is 3.84. The second-order valence-corrected chi connectivity index (χ2v) is 7.86. The summed E-state index contributed by atoms with van der Waals surface area (Å²) >= 11 is 0. The molecule has 0 aliphatic rings. The standard InChI is InChI=1S/3C7H15NO.Lu/c3*1-5-8-6(2)7(3,4)9;/h3*9H,5H2,1-4H3;. The molecule has 1 radical (unpaired) electrons. The molecule has 0 aliphatic carbocycles. The van der Waals surface area contributed by atoms with Crippen LogP contribution in [0, 0.1) is 36.9 Å². The van der Waals surface area contributed by atoms with Crippen molar-refractivity contribution in [2.45, 2.75) is 99.9 Å². The van der Waals surface area contributed by atoms with Crippen molar-refractivity contribution < 1.29 is 52.2 Å².